The molecule has 18 heavy (non-hydrogen) atoms. The Kier molecular flexibility index (Phi) is 4.27. The van der Waals surface area contributed by atoms with Crippen LogP contribution in [0, 0.1) is 5.41 Å². The zero-order chi connectivity index (χ0) is 14.9. The van der Waals surface area contributed by atoms with Gasteiger partial charge < -0.3 is 10.4 Å². The van der Waals surface area contributed by atoms with Crippen LogP contribution in [0.25, 0.3) is 0 Å². The second-order valence-electron chi connectivity index (χ2n) is 3.97. The Morgan fingerprint density at radius 1 is 1.06 bits per heavy atom. The second kappa shape index (κ2) is 4.65. The molecule has 0 fully saturated rings. The van der Waals surface area contributed by atoms with E-state index in [1.807, 2.05) is 0 Å². The number of aliphatic carboxylic acids is 1. The molecule has 0 saturated heterocycles. The van der Waals surface area contributed by atoms with E-state index in [4.69, 9.17) is 5.11 Å². The molecule has 1 amide bonds. The zero-order valence-corrected chi connectivity index (χ0v) is 9.11. The fourth-order valence-corrected chi connectivity index (χ4v) is 1.01. The highest BCUT2D eigenvalue weighted by molar-refractivity contribution is 5.83. The SMILES string of the molecule is CC(C)(C(=O)O)[C@@H](NC(=O)C(F)(F)F)C(F)(F)F. The third-order valence-electron chi connectivity index (χ3n) is 2.13. The van der Waals surface area contributed by atoms with Gasteiger partial charge in [0.15, 0.2) is 0 Å². The van der Waals surface area contributed by atoms with Crippen molar-refractivity contribution in [1.82, 2.24) is 5.32 Å². The topological polar surface area (TPSA) is 66.4 Å². The number of halogens is 6. The van der Waals surface area contributed by atoms with Gasteiger partial charge in [-0.1, -0.05) is 0 Å². The molecule has 0 radical (unpaired) electrons. The summed E-state index contributed by atoms with van der Waals surface area (Å²) in [7, 11) is 0. The summed E-state index contributed by atoms with van der Waals surface area (Å²) in [6, 6.07) is -3.16. The van der Waals surface area contributed by atoms with Crippen molar-refractivity contribution in [2.24, 2.45) is 5.41 Å². The molecule has 0 aromatic carbocycles. The van der Waals surface area contributed by atoms with Crippen molar-refractivity contribution in [3.63, 3.8) is 0 Å². The molecule has 0 bridgehead atoms. The molecule has 2 N–H and O–H groups in total. The molecule has 0 heterocycles. The fourth-order valence-electron chi connectivity index (χ4n) is 1.01. The second-order valence-corrected chi connectivity index (χ2v) is 3.97. The summed E-state index contributed by atoms with van der Waals surface area (Å²) in [5, 5.41) is 9.21. The Hall–Kier alpha value is -1.48. The molecule has 0 aliphatic carbocycles. The number of carbonyl (C=O) groups is 2. The summed E-state index contributed by atoms with van der Waals surface area (Å²) in [6.07, 6.45) is -10.9. The van der Waals surface area contributed by atoms with Gasteiger partial charge in [0.2, 0.25) is 0 Å². The van der Waals surface area contributed by atoms with Crippen LogP contribution >= 0.6 is 0 Å². The highest BCUT2D eigenvalue weighted by atomic mass is 19.4. The van der Waals surface area contributed by atoms with Gasteiger partial charge in [-0.25, -0.2) is 0 Å². The van der Waals surface area contributed by atoms with E-state index in [0.29, 0.717) is 19.2 Å². The van der Waals surface area contributed by atoms with Crippen molar-refractivity contribution in [1.29, 1.82) is 0 Å². The molecule has 0 aromatic rings. The maximum Gasteiger partial charge on any atom is 0.471 e. The third-order valence-corrected chi connectivity index (χ3v) is 2.13. The molecule has 0 unspecified atom stereocenters. The van der Waals surface area contributed by atoms with Gasteiger partial charge in [0, 0.05) is 0 Å². The van der Waals surface area contributed by atoms with Crippen LogP contribution in [0.4, 0.5) is 26.3 Å². The van der Waals surface area contributed by atoms with E-state index >= 15 is 0 Å². The first-order chi connectivity index (χ1) is 7.70. The van der Waals surface area contributed by atoms with Crippen molar-refractivity contribution < 1.29 is 41.0 Å². The Morgan fingerprint density at radius 3 is 1.67 bits per heavy atom. The van der Waals surface area contributed by atoms with Crippen LogP contribution in [0.5, 0.6) is 0 Å². The van der Waals surface area contributed by atoms with Crippen molar-refractivity contribution in [3.8, 4) is 0 Å². The molecule has 0 aromatic heterocycles. The van der Waals surface area contributed by atoms with E-state index in [0.717, 1.165) is 0 Å². The normalized spacial score (nSPS) is 15.1. The predicted octanol–water partition coefficient (Wildman–Crippen LogP) is 1.71. The maximum atomic E-state index is 12.5. The van der Waals surface area contributed by atoms with Gasteiger partial charge in [-0.2, -0.15) is 26.3 Å². The Morgan fingerprint density at radius 2 is 1.44 bits per heavy atom. The minimum atomic E-state index is -5.53. The highest BCUT2D eigenvalue weighted by Gasteiger charge is 2.56. The number of hydrogen-bond acceptors (Lipinski definition) is 2. The molecule has 10 heteroatoms. The van der Waals surface area contributed by atoms with E-state index in [2.05, 4.69) is 0 Å². The van der Waals surface area contributed by atoms with E-state index in [1.54, 1.807) is 0 Å². The van der Waals surface area contributed by atoms with Gasteiger partial charge in [0.1, 0.15) is 6.04 Å². The number of carboxylic acid groups (broad SMARTS) is 1. The van der Waals surface area contributed by atoms with Crippen LogP contribution < -0.4 is 5.32 Å². The molecule has 106 valence electrons. The van der Waals surface area contributed by atoms with Gasteiger partial charge in [-0.05, 0) is 13.8 Å². The van der Waals surface area contributed by atoms with Gasteiger partial charge in [0.05, 0.1) is 5.41 Å². The summed E-state index contributed by atoms with van der Waals surface area (Å²) in [5.74, 6) is -4.84. The lowest BCUT2D eigenvalue weighted by Gasteiger charge is -2.32. The average molecular weight is 281 g/mol. The maximum absolute atomic E-state index is 12.5. The molecule has 1 atom stereocenters. The van der Waals surface area contributed by atoms with Crippen LogP contribution in [0.1, 0.15) is 13.8 Å². The summed E-state index contributed by atoms with van der Waals surface area (Å²) >= 11 is 0. The van der Waals surface area contributed by atoms with Crippen molar-refractivity contribution in [2.45, 2.75) is 32.2 Å². The lowest BCUT2D eigenvalue weighted by Crippen LogP contribution is -2.59. The lowest BCUT2D eigenvalue weighted by molar-refractivity contribution is -0.203. The largest absolute Gasteiger partial charge is 0.481 e. The number of nitrogens with one attached hydrogen (secondary N) is 1. The number of rotatable bonds is 3. The number of carboxylic acids is 1. The molecule has 0 aliphatic rings. The number of amides is 1. The van der Waals surface area contributed by atoms with Crippen molar-refractivity contribution >= 4 is 11.9 Å². The van der Waals surface area contributed by atoms with Crippen LogP contribution in [0.15, 0.2) is 0 Å². The van der Waals surface area contributed by atoms with Crippen LogP contribution in [0.2, 0.25) is 0 Å². The first-order valence-corrected chi connectivity index (χ1v) is 4.38. The smallest absolute Gasteiger partial charge is 0.471 e. The minimum absolute atomic E-state index is 0.560. The molecule has 4 nitrogen and oxygen atoms in total. The van der Waals surface area contributed by atoms with E-state index in [9.17, 15) is 35.9 Å². The van der Waals surface area contributed by atoms with Crippen LogP contribution in [-0.2, 0) is 9.59 Å². The molecule has 0 spiro atoms. The molecule has 0 aliphatic heterocycles. The van der Waals surface area contributed by atoms with E-state index in [1.165, 1.54) is 0 Å². The summed E-state index contributed by atoms with van der Waals surface area (Å²) in [5.41, 5.74) is -2.64. The van der Waals surface area contributed by atoms with Crippen molar-refractivity contribution in [3.05, 3.63) is 0 Å². The Bertz CT molecular complexity index is 346. The fraction of sp³-hybridized carbons (Fsp3) is 0.750. The zero-order valence-electron chi connectivity index (χ0n) is 9.11. The third kappa shape index (κ3) is 3.77. The molecule has 0 rings (SSSR count). The summed E-state index contributed by atoms with van der Waals surface area (Å²) < 4.78 is 73.0. The highest BCUT2D eigenvalue weighted by Crippen LogP contribution is 2.34. The molecule has 0 saturated carbocycles. The van der Waals surface area contributed by atoms with Gasteiger partial charge in [0.25, 0.3) is 0 Å². The minimum Gasteiger partial charge on any atom is -0.481 e. The molecular weight excluding hydrogens is 272 g/mol. The number of carbonyl (C=O) groups excluding carboxylic acids is 1. The Labute approximate surface area is 97.0 Å². The standard InChI is InChI=1S/C8H9F6NO3/c1-6(2,5(17)18)3(7(9,10)11)15-4(16)8(12,13)14/h3H,1-2H3,(H,15,16)(H,17,18)/t3-/m1/s1. The molecular formula is C8H9F6NO3. The average Bonchev–Trinajstić information content (AvgIpc) is 2.09. The monoisotopic (exact) mass is 281 g/mol. The van der Waals surface area contributed by atoms with Crippen molar-refractivity contribution in [2.75, 3.05) is 0 Å². The number of alkyl halides is 6. The lowest BCUT2D eigenvalue weighted by atomic mass is 9.84. The van der Waals surface area contributed by atoms with E-state index in [-0.39, 0.29) is 0 Å². The first kappa shape index (κ1) is 16.5. The van der Waals surface area contributed by atoms with Gasteiger partial charge in [-0.3, -0.25) is 9.59 Å². The van der Waals surface area contributed by atoms with Gasteiger partial charge >= 0.3 is 24.2 Å². The van der Waals surface area contributed by atoms with Crippen LogP contribution in [-0.4, -0.2) is 35.4 Å². The predicted molar refractivity (Wildman–Crippen MR) is 45.5 cm³/mol. The quantitative estimate of drug-likeness (QED) is 0.774. The van der Waals surface area contributed by atoms with Crippen LogP contribution in [0.3, 0.4) is 0 Å². The summed E-state index contributed by atoms with van der Waals surface area (Å²) in [4.78, 5) is 21.1. The number of hydrogen-bond donors (Lipinski definition) is 2. The van der Waals surface area contributed by atoms with Gasteiger partial charge in [-0.15, -0.1) is 0 Å². The Balaban J connectivity index is 5.31. The first-order valence-electron chi connectivity index (χ1n) is 4.38. The van der Waals surface area contributed by atoms with E-state index < -0.39 is 35.7 Å². The summed E-state index contributed by atoms with van der Waals surface area (Å²) in [6.45, 7) is 1.12.